The SMILES string of the molecule is CCOC(=O)CCC(Cl)c1ccc(OC)c(Cl)c1. The van der Waals surface area contributed by atoms with Crippen molar-refractivity contribution in [3.8, 4) is 5.75 Å². The Morgan fingerprint density at radius 3 is 2.72 bits per heavy atom. The number of alkyl halides is 1. The standard InChI is InChI=1S/C13H16Cl2O3/c1-3-18-13(16)7-5-10(14)9-4-6-12(17-2)11(15)8-9/h4,6,8,10H,3,5,7H2,1-2H3. The van der Waals surface area contributed by atoms with Crippen molar-refractivity contribution in [2.45, 2.75) is 25.1 Å². The number of carbonyl (C=O) groups excluding carboxylic acids is 1. The van der Waals surface area contributed by atoms with Crippen LogP contribution in [0.4, 0.5) is 0 Å². The van der Waals surface area contributed by atoms with Gasteiger partial charge in [-0.3, -0.25) is 4.79 Å². The normalized spacial score (nSPS) is 12.0. The summed E-state index contributed by atoms with van der Waals surface area (Å²) in [6, 6.07) is 5.36. The van der Waals surface area contributed by atoms with Gasteiger partial charge in [0.1, 0.15) is 5.75 Å². The summed E-state index contributed by atoms with van der Waals surface area (Å²) >= 11 is 12.2. The summed E-state index contributed by atoms with van der Waals surface area (Å²) in [6.45, 7) is 2.17. The van der Waals surface area contributed by atoms with Gasteiger partial charge < -0.3 is 9.47 Å². The zero-order chi connectivity index (χ0) is 13.5. The van der Waals surface area contributed by atoms with Crippen molar-refractivity contribution in [3.63, 3.8) is 0 Å². The van der Waals surface area contributed by atoms with Crippen LogP contribution in [0.3, 0.4) is 0 Å². The summed E-state index contributed by atoms with van der Waals surface area (Å²) in [5.74, 6) is 0.373. The Balaban J connectivity index is 2.58. The molecule has 0 saturated heterocycles. The van der Waals surface area contributed by atoms with E-state index in [2.05, 4.69) is 0 Å². The summed E-state index contributed by atoms with van der Waals surface area (Å²) in [5.41, 5.74) is 0.867. The van der Waals surface area contributed by atoms with Crippen LogP contribution in [0.5, 0.6) is 5.75 Å². The third-order valence-corrected chi connectivity index (χ3v) is 3.21. The molecule has 0 aliphatic heterocycles. The Morgan fingerprint density at radius 1 is 1.44 bits per heavy atom. The fourth-order valence-corrected chi connectivity index (χ4v) is 2.03. The van der Waals surface area contributed by atoms with Crippen molar-refractivity contribution in [1.29, 1.82) is 0 Å². The Labute approximate surface area is 117 Å². The smallest absolute Gasteiger partial charge is 0.305 e. The van der Waals surface area contributed by atoms with Crippen molar-refractivity contribution in [2.24, 2.45) is 0 Å². The van der Waals surface area contributed by atoms with E-state index >= 15 is 0 Å². The van der Waals surface area contributed by atoms with Crippen molar-refractivity contribution >= 4 is 29.2 Å². The van der Waals surface area contributed by atoms with Gasteiger partial charge in [-0.05, 0) is 31.0 Å². The van der Waals surface area contributed by atoms with E-state index in [1.54, 1.807) is 26.2 Å². The van der Waals surface area contributed by atoms with E-state index < -0.39 is 0 Å². The van der Waals surface area contributed by atoms with Crippen LogP contribution >= 0.6 is 23.2 Å². The van der Waals surface area contributed by atoms with Crippen molar-refractivity contribution in [3.05, 3.63) is 28.8 Å². The molecule has 1 rings (SSSR count). The van der Waals surface area contributed by atoms with Crippen LogP contribution in [-0.2, 0) is 9.53 Å². The first-order valence-electron chi connectivity index (χ1n) is 5.71. The van der Waals surface area contributed by atoms with Gasteiger partial charge in [0.2, 0.25) is 0 Å². The molecule has 0 aliphatic carbocycles. The second kappa shape index (κ2) is 7.49. The Kier molecular flexibility index (Phi) is 6.30. The van der Waals surface area contributed by atoms with Gasteiger partial charge in [-0.15, -0.1) is 11.6 Å². The van der Waals surface area contributed by atoms with Crippen LogP contribution < -0.4 is 4.74 Å². The maximum Gasteiger partial charge on any atom is 0.305 e. The number of benzene rings is 1. The van der Waals surface area contributed by atoms with Crippen LogP contribution in [0.2, 0.25) is 5.02 Å². The lowest BCUT2D eigenvalue weighted by atomic mass is 10.1. The Bertz CT molecular complexity index is 407. The summed E-state index contributed by atoms with van der Waals surface area (Å²) in [6.07, 6.45) is 0.814. The molecule has 0 saturated carbocycles. The highest BCUT2D eigenvalue weighted by Gasteiger charge is 2.13. The minimum absolute atomic E-state index is 0.234. The number of esters is 1. The molecule has 100 valence electrons. The van der Waals surface area contributed by atoms with E-state index in [1.807, 2.05) is 6.07 Å². The molecule has 0 radical (unpaired) electrons. The quantitative estimate of drug-likeness (QED) is 0.587. The molecule has 0 N–H and O–H groups in total. The molecular weight excluding hydrogens is 275 g/mol. The topological polar surface area (TPSA) is 35.5 Å². The average Bonchev–Trinajstić information content (AvgIpc) is 2.36. The van der Waals surface area contributed by atoms with Gasteiger partial charge in [-0.2, -0.15) is 0 Å². The lowest BCUT2D eigenvalue weighted by molar-refractivity contribution is -0.143. The molecule has 0 bridgehead atoms. The second-order valence-electron chi connectivity index (χ2n) is 3.71. The highest BCUT2D eigenvalue weighted by Crippen LogP contribution is 2.32. The predicted octanol–water partition coefficient (Wildman–Crippen LogP) is 3.97. The lowest BCUT2D eigenvalue weighted by Crippen LogP contribution is -2.05. The summed E-state index contributed by atoms with van der Waals surface area (Å²) in [4.78, 5) is 11.2. The van der Waals surface area contributed by atoms with Gasteiger partial charge in [-0.1, -0.05) is 17.7 Å². The third kappa shape index (κ3) is 4.39. The first-order valence-corrected chi connectivity index (χ1v) is 6.53. The minimum atomic E-state index is -0.266. The number of ether oxygens (including phenoxy) is 2. The largest absolute Gasteiger partial charge is 0.495 e. The molecule has 3 nitrogen and oxygen atoms in total. The molecule has 0 amide bonds. The number of halogens is 2. The summed E-state index contributed by atoms with van der Waals surface area (Å²) in [7, 11) is 1.56. The van der Waals surface area contributed by atoms with Crippen molar-refractivity contribution in [2.75, 3.05) is 13.7 Å². The fourth-order valence-electron chi connectivity index (χ4n) is 1.52. The van der Waals surface area contributed by atoms with Crippen molar-refractivity contribution < 1.29 is 14.3 Å². The molecule has 1 unspecified atom stereocenters. The van der Waals surface area contributed by atoms with Crippen molar-refractivity contribution in [1.82, 2.24) is 0 Å². The number of methoxy groups -OCH3 is 1. The zero-order valence-corrected chi connectivity index (χ0v) is 11.9. The molecule has 1 aromatic carbocycles. The first kappa shape index (κ1) is 15.1. The molecule has 18 heavy (non-hydrogen) atoms. The van der Waals surface area contributed by atoms with Gasteiger partial charge in [0.25, 0.3) is 0 Å². The van der Waals surface area contributed by atoms with Crippen LogP contribution in [0, 0.1) is 0 Å². The van der Waals surface area contributed by atoms with Gasteiger partial charge >= 0.3 is 5.97 Å². The summed E-state index contributed by atoms with van der Waals surface area (Å²) in [5, 5.41) is 0.245. The first-order chi connectivity index (χ1) is 8.58. The molecule has 0 spiro atoms. The molecule has 0 aromatic heterocycles. The van der Waals surface area contributed by atoms with E-state index in [-0.39, 0.29) is 11.3 Å². The van der Waals surface area contributed by atoms with E-state index in [9.17, 15) is 4.79 Å². The monoisotopic (exact) mass is 290 g/mol. The zero-order valence-electron chi connectivity index (χ0n) is 10.4. The highest BCUT2D eigenvalue weighted by molar-refractivity contribution is 6.32. The molecule has 5 heteroatoms. The Morgan fingerprint density at radius 2 is 2.17 bits per heavy atom. The predicted molar refractivity (Wildman–Crippen MR) is 72.5 cm³/mol. The van der Waals surface area contributed by atoms with Crippen LogP contribution in [0.25, 0.3) is 0 Å². The summed E-state index contributed by atoms with van der Waals surface area (Å²) < 4.78 is 9.91. The van der Waals surface area contributed by atoms with Gasteiger partial charge in [0.15, 0.2) is 0 Å². The Hall–Kier alpha value is -0.930. The highest BCUT2D eigenvalue weighted by atomic mass is 35.5. The van der Waals surface area contributed by atoms with Crippen LogP contribution in [0.15, 0.2) is 18.2 Å². The lowest BCUT2D eigenvalue weighted by Gasteiger charge is -2.11. The number of carbonyl (C=O) groups is 1. The fraction of sp³-hybridized carbons (Fsp3) is 0.462. The molecule has 0 aliphatic rings. The number of hydrogen-bond acceptors (Lipinski definition) is 3. The van der Waals surface area contributed by atoms with Gasteiger partial charge in [0, 0.05) is 6.42 Å². The van der Waals surface area contributed by atoms with E-state index in [1.165, 1.54) is 0 Å². The van der Waals surface area contributed by atoms with Crippen LogP contribution in [0.1, 0.15) is 30.7 Å². The third-order valence-electron chi connectivity index (χ3n) is 2.44. The average molecular weight is 291 g/mol. The molecular formula is C13H16Cl2O3. The maximum atomic E-state index is 11.2. The van der Waals surface area contributed by atoms with E-state index in [4.69, 9.17) is 32.7 Å². The van der Waals surface area contributed by atoms with E-state index in [0.717, 1.165) is 5.56 Å². The number of rotatable bonds is 6. The minimum Gasteiger partial charge on any atom is -0.495 e. The molecule has 1 atom stereocenters. The molecule has 0 heterocycles. The van der Waals surface area contributed by atoms with Gasteiger partial charge in [0.05, 0.1) is 24.1 Å². The van der Waals surface area contributed by atoms with E-state index in [0.29, 0.717) is 30.2 Å². The molecule has 1 aromatic rings. The second-order valence-corrected chi connectivity index (χ2v) is 4.64. The van der Waals surface area contributed by atoms with Gasteiger partial charge in [-0.25, -0.2) is 0 Å². The molecule has 0 fully saturated rings. The van der Waals surface area contributed by atoms with Crippen LogP contribution in [-0.4, -0.2) is 19.7 Å². The number of hydrogen-bond donors (Lipinski definition) is 0. The maximum absolute atomic E-state index is 11.2.